The van der Waals surface area contributed by atoms with Crippen molar-refractivity contribution >= 4 is 43.4 Å². The molecule has 0 unspecified atom stereocenters. The maximum Gasteiger partial charge on any atom is 0.279 e. The van der Waals surface area contributed by atoms with Crippen LogP contribution in [0.25, 0.3) is 10.2 Å². The summed E-state index contributed by atoms with van der Waals surface area (Å²) in [6.45, 7) is 5.84. The smallest absolute Gasteiger partial charge is 0.279 e. The number of unbranched alkanes of at least 4 members (excludes halogenated alkanes) is 2. The van der Waals surface area contributed by atoms with Crippen molar-refractivity contribution in [3.63, 3.8) is 0 Å². The number of hydrogen-bond donors (Lipinski definition) is 0. The minimum atomic E-state index is -0.229. The third-order valence-corrected chi connectivity index (χ3v) is 5.94. The molecule has 2 aromatic carbocycles. The second kappa shape index (κ2) is 10.0. The molecule has 0 atom stereocenters. The van der Waals surface area contributed by atoms with Crippen molar-refractivity contribution in [2.45, 2.75) is 46.1 Å². The molecule has 0 N–H and O–H groups in total. The Morgan fingerprint density at radius 3 is 2.61 bits per heavy atom. The van der Waals surface area contributed by atoms with Crippen LogP contribution in [0.3, 0.4) is 0 Å². The Labute approximate surface area is 178 Å². The highest BCUT2D eigenvalue weighted by atomic mass is 79.9. The van der Waals surface area contributed by atoms with Gasteiger partial charge in [0.05, 0.1) is 16.8 Å². The zero-order valence-corrected chi connectivity index (χ0v) is 18.7. The highest BCUT2D eigenvalue weighted by Gasteiger charge is 2.09. The average molecular weight is 461 g/mol. The molecule has 0 aliphatic carbocycles. The van der Waals surface area contributed by atoms with Gasteiger partial charge in [0.2, 0.25) is 0 Å². The number of benzene rings is 2. The van der Waals surface area contributed by atoms with E-state index in [4.69, 9.17) is 4.74 Å². The van der Waals surface area contributed by atoms with E-state index in [0.29, 0.717) is 12.2 Å². The minimum Gasteiger partial charge on any atom is -0.494 e. The van der Waals surface area contributed by atoms with Crippen molar-refractivity contribution in [2.24, 2.45) is 4.99 Å². The molecule has 0 saturated carbocycles. The lowest BCUT2D eigenvalue weighted by molar-refractivity contribution is 0.0998. The lowest BCUT2D eigenvalue weighted by Crippen LogP contribution is -2.16. The molecule has 1 amide bonds. The molecule has 1 aromatic heterocycles. The van der Waals surface area contributed by atoms with Crippen LogP contribution in [0.2, 0.25) is 0 Å². The molecular formula is C22H25BrN2O2S. The largest absolute Gasteiger partial charge is 0.494 e. The number of hydrogen-bond acceptors (Lipinski definition) is 3. The van der Waals surface area contributed by atoms with Crippen LogP contribution in [-0.2, 0) is 6.54 Å². The van der Waals surface area contributed by atoms with E-state index in [0.717, 1.165) is 44.6 Å². The first-order valence-corrected chi connectivity index (χ1v) is 11.3. The van der Waals surface area contributed by atoms with Crippen molar-refractivity contribution < 1.29 is 9.53 Å². The van der Waals surface area contributed by atoms with Gasteiger partial charge in [-0.3, -0.25) is 4.79 Å². The molecule has 28 heavy (non-hydrogen) atoms. The summed E-state index contributed by atoms with van der Waals surface area (Å²) in [6.07, 6.45) is 4.36. The van der Waals surface area contributed by atoms with Crippen LogP contribution in [0.4, 0.5) is 0 Å². The zero-order chi connectivity index (χ0) is 19.9. The summed E-state index contributed by atoms with van der Waals surface area (Å²) in [7, 11) is 0. The highest BCUT2D eigenvalue weighted by Crippen LogP contribution is 2.22. The fourth-order valence-corrected chi connectivity index (χ4v) is 4.57. The molecular weight excluding hydrogens is 436 g/mol. The number of thiazole rings is 1. The Hall–Kier alpha value is -1.92. The zero-order valence-electron chi connectivity index (χ0n) is 16.3. The predicted molar refractivity (Wildman–Crippen MR) is 119 cm³/mol. The van der Waals surface area contributed by atoms with Gasteiger partial charge in [-0.15, -0.1) is 0 Å². The van der Waals surface area contributed by atoms with Gasteiger partial charge in [0.15, 0.2) is 4.80 Å². The van der Waals surface area contributed by atoms with Crippen LogP contribution in [-0.4, -0.2) is 17.1 Å². The van der Waals surface area contributed by atoms with Gasteiger partial charge in [-0.2, -0.15) is 4.99 Å². The number of rotatable bonds is 8. The van der Waals surface area contributed by atoms with Crippen LogP contribution < -0.4 is 9.54 Å². The predicted octanol–water partition coefficient (Wildman–Crippen LogP) is 6.19. The standard InChI is InChI=1S/C22H25BrN2O2S/c1-3-5-6-14-27-18-10-7-16(8-11-18)21(26)24-22-25(13-4-2)19-12-9-17(23)15-20(19)28-22/h7-12,15H,3-6,13-14H2,1-2H3. The Kier molecular flexibility index (Phi) is 7.45. The Morgan fingerprint density at radius 1 is 1.11 bits per heavy atom. The molecule has 0 spiro atoms. The lowest BCUT2D eigenvalue weighted by atomic mass is 10.2. The Balaban J connectivity index is 1.83. The molecule has 0 aliphatic rings. The van der Waals surface area contributed by atoms with Crippen LogP contribution in [0.5, 0.6) is 5.75 Å². The van der Waals surface area contributed by atoms with E-state index >= 15 is 0 Å². The number of carbonyl (C=O) groups is 1. The topological polar surface area (TPSA) is 43.6 Å². The quantitative estimate of drug-likeness (QED) is 0.376. The van der Waals surface area contributed by atoms with Crippen LogP contribution >= 0.6 is 27.3 Å². The number of aromatic nitrogens is 1. The van der Waals surface area contributed by atoms with Gasteiger partial charge in [-0.05, 0) is 55.3 Å². The molecule has 0 bridgehead atoms. The maximum absolute atomic E-state index is 12.7. The van der Waals surface area contributed by atoms with E-state index in [2.05, 4.69) is 51.5 Å². The Morgan fingerprint density at radius 2 is 1.89 bits per heavy atom. The van der Waals surface area contributed by atoms with Crippen LogP contribution in [0.1, 0.15) is 49.9 Å². The summed E-state index contributed by atoms with van der Waals surface area (Å²) in [4.78, 5) is 17.9. The number of nitrogens with zero attached hydrogens (tertiary/aromatic N) is 2. The highest BCUT2D eigenvalue weighted by molar-refractivity contribution is 9.10. The molecule has 1 heterocycles. The monoisotopic (exact) mass is 460 g/mol. The number of halogens is 1. The first-order chi connectivity index (χ1) is 13.6. The average Bonchev–Trinajstić information content (AvgIpc) is 3.02. The normalized spacial score (nSPS) is 11.9. The number of aryl methyl sites for hydroxylation is 1. The van der Waals surface area contributed by atoms with Crippen molar-refractivity contribution in [1.29, 1.82) is 0 Å². The molecule has 148 valence electrons. The number of carbonyl (C=O) groups excluding carboxylic acids is 1. The summed E-state index contributed by atoms with van der Waals surface area (Å²) in [5, 5.41) is 0. The van der Waals surface area contributed by atoms with Crippen LogP contribution in [0.15, 0.2) is 51.9 Å². The fraction of sp³-hybridized carbons (Fsp3) is 0.364. The number of fused-ring (bicyclic) bond motifs is 1. The number of ether oxygens (including phenoxy) is 1. The van der Waals surface area contributed by atoms with Gasteiger partial charge in [0.1, 0.15) is 5.75 Å². The van der Waals surface area contributed by atoms with Gasteiger partial charge in [-0.25, -0.2) is 0 Å². The maximum atomic E-state index is 12.7. The minimum absolute atomic E-state index is 0.229. The molecule has 6 heteroatoms. The summed E-state index contributed by atoms with van der Waals surface area (Å²) < 4.78 is 9.98. The van der Waals surface area contributed by atoms with E-state index in [1.54, 1.807) is 23.5 Å². The number of amides is 1. The molecule has 3 aromatic rings. The molecule has 0 aliphatic heterocycles. The van der Waals surface area contributed by atoms with Gasteiger partial charge in [-0.1, -0.05) is 54.0 Å². The summed E-state index contributed by atoms with van der Waals surface area (Å²) >= 11 is 5.05. The molecule has 3 rings (SSSR count). The van der Waals surface area contributed by atoms with E-state index in [-0.39, 0.29) is 5.91 Å². The van der Waals surface area contributed by atoms with E-state index < -0.39 is 0 Å². The van der Waals surface area contributed by atoms with E-state index in [1.807, 2.05) is 18.2 Å². The third kappa shape index (κ3) is 5.11. The third-order valence-electron chi connectivity index (χ3n) is 4.41. The first-order valence-electron chi connectivity index (χ1n) is 9.73. The summed E-state index contributed by atoms with van der Waals surface area (Å²) in [6, 6.07) is 13.4. The SMILES string of the molecule is CCCCCOc1ccc(C(=O)N=c2sc3cc(Br)ccc3n2CCC)cc1. The summed E-state index contributed by atoms with van der Waals surface area (Å²) in [5.41, 5.74) is 1.68. The van der Waals surface area contributed by atoms with E-state index in [9.17, 15) is 4.79 Å². The second-order valence-corrected chi connectivity index (χ2v) is 8.57. The van der Waals surface area contributed by atoms with Crippen LogP contribution in [0, 0.1) is 0 Å². The summed E-state index contributed by atoms with van der Waals surface area (Å²) in [5.74, 6) is 0.563. The van der Waals surface area contributed by atoms with Crippen molar-refractivity contribution in [3.8, 4) is 5.75 Å². The van der Waals surface area contributed by atoms with Crippen molar-refractivity contribution in [2.75, 3.05) is 6.61 Å². The van der Waals surface area contributed by atoms with Gasteiger partial charge in [0, 0.05) is 16.6 Å². The lowest BCUT2D eigenvalue weighted by Gasteiger charge is -2.06. The molecule has 0 radical (unpaired) electrons. The van der Waals surface area contributed by atoms with Gasteiger partial charge in [0.25, 0.3) is 5.91 Å². The van der Waals surface area contributed by atoms with Gasteiger partial charge < -0.3 is 9.30 Å². The van der Waals surface area contributed by atoms with Gasteiger partial charge >= 0.3 is 0 Å². The van der Waals surface area contributed by atoms with E-state index in [1.165, 1.54) is 12.8 Å². The fourth-order valence-electron chi connectivity index (χ4n) is 2.96. The first kappa shape index (κ1) is 20.8. The Bertz CT molecular complexity index is 1010. The molecule has 4 nitrogen and oxygen atoms in total. The molecule has 0 saturated heterocycles. The van der Waals surface area contributed by atoms with Crippen molar-refractivity contribution in [1.82, 2.24) is 4.57 Å². The van der Waals surface area contributed by atoms with Crippen molar-refractivity contribution in [3.05, 3.63) is 57.3 Å². The molecule has 0 fully saturated rings. The second-order valence-electron chi connectivity index (χ2n) is 6.65.